The van der Waals surface area contributed by atoms with E-state index < -0.39 is 0 Å². The average Bonchev–Trinajstić information content (AvgIpc) is 2.49. The second-order valence-electron chi connectivity index (χ2n) is 5.38. The minimum atomic E-state index is -0.235. The lowest BCUT2D eigenvalue weighted by atomic mass is 9.95. The number of nitrogens with zero attached hydrogens (tertiary/aromatic N) is 1. The fraction of sp³-hybridized carbons (Fsp3) is 0.467. The molecular weight excluding hydrogens is 334 g/mol. The molecule has 1 saturated heterocycles. The van der Waals surface area contributed by atoms with Crippen LogP contribution in [0.2, 0.25) is 0 Å². The van der Waals surface area contributed by atoms with E-state index in [1.165, 1.54) is 0 Å². The predicted octanol–water partition coefficient (Wildman–Crippen LogP) is 1.97. The molecule has 0 aromatic heterocycles. The molecule has 1 aliphatic rings. The van der Waals surface area contributed by atoms with Gasteiger partial charge in [-0.2, -0.15) is 0 Å². The van der Waals surface area contributed by atoms with Crippen molar-refractivity contribution in [3.8, 4) is 0 Å². The van der Waals surface area contributed by atoms with E-state index in [9.17, 15) is 9.59 Å². The first-order valence-electron chi connectivity index (χ1n) is 7.07. The van der Waals surface area contributed by atoms with Gasteiger partial charge in [-0.3, -0.25) is 14.5 Å². The summed E-state index contributed by atoms with van der Waals surface area (Å²) >= 11 is 3.36. The van der Waals surface area contributed by atoms with Gasteiger partial charge in [0, 0.05) is 16.1 Å². The largest absolute Gasteiger partial charge is 0.369 e. The topological polar surface area (TPSA) is 75.4 Å². The number of nitrogens with two attached hydrogens (primary N) is 1. The summed E-state index contributed by atoms with van der Waals surface area (Å²) in [6.45, 7) is 3.34. The van der Waals surface area contributed by atoms with Crippen LogP contribution in [-0.4, -0.2) is 35.8 Å². The molecule has 1 unspecified atom stereocenters. The first-order valence-corrected chi connectivity index (χ1v) is 7.86. The fourth-order valence-electron chi connectivity index (χ4n) is 2.52. The van der Waals surface area contributed by atoms with Crippen LogP contribution in [0.4, 0.5) is 5.69 Å². The number of benzene rings is 1. The van der Waals surface area contributed by atoms with Crippen LogP contribution in [0.5, 0.6) is 0 Å². The van der Waals surface area contributed by atoms with Crippen molar-refractivity contribution in [2.24, 2.45) is 11.7 Å². The van der Waals surface area contributed by atoms with Crippen molar-refractivity contribution in [2.45, 2.75) is 25.8 Å². The summed E-state index contributed by atoms with van der Waals surface area (Å²) in [5.41, 5.74) is 6.10. The van der Waals surface area contributed by atoms with E-state index in [4.69, 9.17) is 5.73 Å². The predicted molar refractivity (Wildman–Crippen MR) is 85.7 cm³/mol. The van der Waals surface area contributed by atoms with Crippen molar-refractivity contribution in [3.63, 3.8) is 0 Å². The van der Waals surface area contributed by atoms with Crippen molar-refractivity contribution in [1.29, 1.82) is 0 Å². The molecule has 0 spiro atoms. The molecule has 1 fully saturated rings. The monoisotopic (exact) mass is 353 g/mol. The lowest BCUT2D eigenvalue weighted by Crippen LogP contribution is -2.47. The first-order chi connectivity index (χ1) is 9.97. The van der Waals surface area contributed by atoms with Crippen LogP contribution >= 0.6 is 15.9 Å². The van der Waals surface area contributed by atoms with Crippen LogP contribution in [0, 0.1) is 5.92 Å². The van der Waals surface area contributed by atoms with Crippen molar-refractivity contribution in [1.82, 2.24) is 4.90 Å². The zero-order chi connectivity index (χ0) is 15.4. The fourth-order valence-corrected chi connectivity index (χ4v) is 2.78. The summed E-state index contributed by atoms with van der Waals surface area (Å²) in [4.78, 5) is 25.5. The Morgan fingerprint density at radius 1 is 1.29 bits per heavy atom. The number of carbonyl (C=O) groups is 2. The molecule has 3 N–H and O–H groups in total. The molecule has 114 valence electrons. The Hall–Kier alpha value is -1.40. The summed E-state index contributed by atoms with van der Waals surface area (Å²) in [6, 6.07) is 7.27. The Labute approximate surface area is 133 Å². The molecule has 1 atom stereocenters. The van der Waals surface area contributed by atoms with E-state index in [1.807, 2.05) is 31.2 Å². The molecule has 5 nitrogen and oxygen atoms in total. The van der Waals surface area contributed by atoms with E-state index >= 15 is 0 Å². The lowest BCUT2D eigenvalue weighted by Gasteiger charge is -2.34. The Morgan fingerprint density at radius 3 is 2.38 bits per heavy atom. The van der Waals surface area contributed by atoms with E-state index in [2.05, 4.69) is 26.1 Å². The number of hydrogen-bond donors (Lipinski definition) is 2. The molecule has 1 heterocycles. The number of piperidine rings is 1. The molecule has 0 saturated carbocycles. The molecule has 2 amide bonds. The van der Waals surface area contributed by atoms with E-state index in [-0.39, 0.29) is 23.8 Å². The third kappa shape index (κ3) is 4.28. The summed E-state index contributed by atoms with van der Waals surface area (Å²) in [7, 11) is 0. The molecule has 1 aromatic carbocycles. The van der Waals surface area contributed by atoms with Gasteiger partial charge in [-0.15, -0.1) is 0 Å². The zero-order valence-corrected chi connectivity index (χ0v) is 13.6. The van der Waals surface area contributed by atoms with Crippen LogP contribution in [0.25, 0.3) is 0 Å². The Bertz CT molecular complexity index is 510. The molecular formula is C15H20BrN3O2. The van der Waals surface area contributed by atoms with Crippen LogP contribution in [0.1, 0.15) is 19.8 Å². The van der Waals surface area contributed by atoms with Gasteiger partial charge in [0.05, 0.1) is 6.04 Å². The highest BCUT2D eigenvalue weighted by Crippen LogP contribution is 2.20. The van der Waals surface area contributed by atoms with Gasteiger partial charge < -0.3 is 11.1 Å². The zero-order valence-electron chi connectivity index (χ0n) is 12.0. The lowest BCUT2D eigenvalue weighted by molar-refractivity contribution is -0.124. The summed E-state index contributed by atoms with van der Waals surface area (Å²) in [5.74, 6) is -0.320. The Balaban J connectivity index is 1.88. The summed E-state index contributed by atoms with van der Waals surface area (Å²) < 4.78 is 0.974. The number of anilines is 1. The van der Waals surface area contributed by atoms with Gasteiger partial charge >= 0.3 is 0 Å². The maximum absolute atomic E-state index is 12.3. The van der Waals surface area contributed by atoms with Gasteiger partial charge in [0.1, 0.15) is 0 Å². The third-order valence-corrected chi connectivity index (χ3v) is 4.50. The van der Waals surface area contributed by atoms with Crippen molar-refractivity contribution < 1.29 is 9.59 Å². The molecule has 0 radical (unpaired) electrons. The third-order valence-electron chi connectivity index (χ3n) is 3.97. The van der Waals surface area contributed by atoms with Gasteiger partial charge in [0.2, 0.25) is 11.8 Å². The van der Waals surface area contributed by atoms with Gasteiger partial charge in [-0.25, -0.2) is 0 Å². The van der Waals surface area contributed by atoms with Crippen molar-refractivity contribution in [3.05, 3.63) is 28.7 Å². The molecule has 1 aromatic rings. The Morgan fingerprint density at radius 2 is 1.86 bits per heavy atom. The number of likely N-dealkylation sites (tertiary alicyclic amines) is 1. The molecule has 0 bridgehead atoms. The first kappa shape index (κ1) is 16.0. The van der Waals surface area contributed by atoms with Gasteiger partial charge in [0.15, 0.2) is 0 Å². The number of hydrogen-bond acceptors (Lipinski definition) is 3. The smallest absolute Gasteiger partial charge is 0.241 e. The second kappa shape index (κ2) is 7.04. The van der Waals surface area contributed by atoms with Crippen molar-refractivity contribution in [2.75, 3.05) is 18.4 Å². The summed E-state index contributed by atoms with van der Waals surface area (Å²) in [6.07, 6.45) is 1.45. The SMILES string of the molecule is CC(C(=O)Nc1ccc(Br)cc1)N1CCC(C(N)=O)CC1. The molecule has 2 rings (SSSR count). The standard InChI is InChI=1S/C15H20BrN3O2/c1-10(19-8-6-11(7-9-19)14(17)20)15(21)18-13-4-2-12(16)3-5-13/h2-5,10-11H,6-9H2,1H3,(H2,17,20)(H,18,21). The normalized spacial score (nSPS) is 18.2. The second-order valence-corrected chi connectivity index (χ2v) is 6.30. The summed E-state index contributed by atoms with van der Waals surface area (Å²) in [5, 5.41) is 2.91. The molecule has 0 aliphatic carbocycles. The number of amides is 2. The average molecular weight is 354 g/mol. The van der Waals surface area contributed by atoms with Gasteiger partial charge in [-0.1, -0.05) is 15.9 Å². The van der Waals surface area contributed by atoms with E-state index in [0.717, 1.165) is 36.1 Å². The van der Waals surface area contributed by atoms with Crippen molar-refractivity contribution >= 4 is 33.4 Å². The van der Waals surface area contributed by atoms with E-state index in [0.29, 0.717) is 0 Å². The number of primary amides is 1. The quantitative estimate of drug-likeness (QED) is 0.868. The van der Waals surface area contributed by atoms with Gasteiger partial charge in [-0.05, 0) is 57.1 Å². The van der Waals surface area contributed by atoms with Gasteiger partial charge in [0.25, 0.3) is 0 Å². The highest BCUT2D eigenvalue weighted by molar-refractivity contribution is 9.10. The highest BCUT2D eigenvalue weighted by Gasteiger charge is 2.28. The number of rotatable bonds is 4. The van der Waals surface area contributed by atoms with E-state index in [1.54, 1.807) is 0 Å². The number of nitrogens with one attached hydrogen (secondary N) is 1. The maximum Gasteiger partial charge on any atom is 0.241 e. The molecule has 21 heavy (non-hydrogen) atoms. The maximum atomic E-state index is 12.3. The van der Waals surface area contributed by atoms with Crippen LogP contribution < -0.4 is 11.1 Å². The highest BCUT2D eigenvalue weighted by atomic mass is 79.9. The van der Waals surface area contributed by atoms with Crippen LogP contribution in [0.15, 0.2) is 28.7 Å². The number of carbonyl (C=O) groups excluding carboxylic acids is 2. The Kier molecular flexibility index (Phi) is 5.36. The van der Waals surface area contributed by atoms with Crippen LogP contribution in [0.3, 0.4) is 0 Å². The molecule has 6 heteroatoms. The minimum Gasteiger partial charge on any atom is -0.369 e. The minimum absolute atomic E-state index is 0.0325. The number of halogens is 1. The van der Waals surface area contributed by atoms with Crippen LogP contribution in [-0.2, 0) is 9.59 Å². The molecule has 1 aliphatic heterocycles.